The highest BCUT2D eigenvalue weighted by molar-refractivity contribution is 5.22. The quantitative estimate of drug-likeness (QED) is 0.839. The summed E-state index contributed by atoms with van der Waals surface area (Å²) in [5.74, 6) is 1.27. The summed E-state index contributed by atoms with van der Waals surface area (Å²) in [4.78, 5) is 0. The van der Waals surface area contributed by atoms with Gasteiger partial charge in [-0.3, -0.25) is 0 Å². The maximum atomic E-state index is 12.9. The number of hydrogen-bond donors (Lipinski definition) is 1. The Bertz CT molecular complexity index is 369. The highest BCUT2D eigenvalue weighted by atomic mass is 19.1. The molecule has 1 nitrogen and oxygen atoms in total. The van der Waals surface area contributed by atoms with Crippen LogP contribution in [0.2, 0.25) is 0 Å². The van der Waals surface area contributed by atoms with Crippen molar-refractivity contribution in [2.75, 3.05) is 6.54 Å². The summed E-state index contributed by atoms with van der Waals surface area (Å²) in [7, 11) is 0. The Hall–Kier alpha value is -0.890. The molecule has 0 aliphatic heterocycles. The molecule has 0 aromatic heterocycles. The first-order chi connectivity index (χ1) is 8.33. The first-order valence-corrected chi connectivity index (χ1v) is 6.82. The lowest BCUT2D eigenvalue weighted by molar-refractivity contribution is 0.442. The molecule has 0 radical (unpaired) electrons. The van der Waals surface area contributed by atoms with Crippen LogP contribution in [0.3, 0.4) is 0 Å². The molecule has 1 N–H and O–H groups in total. The molecule has 2 saturated carbocycles. The molecular formula is C15H20FN. The van der Waals surface area contributed by atoms with Gasteiger partial charge in [-0.05, 0) is 61.8 Å². The fourth-order valence-corrected chi connectivity index (χ4v) is 3.04. The minimum absolute atomic E-state index is 0.126. The topological polar surface area (TPSA) is 12.0 Å². The Morgan fingerprint density at radius 1 is 1.06 bits per heavy atom. The minimum Gasteiger partial charge on any atom is -0.314 e. The zero-order valence-electron chi connectivity index (χ0n) is 10.2. The monoisotopic (exact) mass is 233 g/mol. The summed E-state index contributed by atoms with van der Waals surface area (Å²) >= 11 is 0. The first kappa shape index (κ1) is 11.2. The van der Waals surface area contributed by atoms with E-state index in [4.69, 9.17) is 0 Å². The van der Waals surface area contributed by atoms with Crippen molar-refractivity contribution in [3.8, 4) is 0 Å². The van der Waals surface area contributed by atoms with Crippen molar-refractivity contribution in [1.82, 2.24) is 5.32 Å². The molecule has 2 atom stereocenters. The highest BCUT2D eigenvalue weighted by Gasteiger charge is 2.30. The van der Waals surface area contributed by atoms with Crippen molar-refractivity contribution < 1.29 is 4.39 Å². The number of hydrogen-bond acceptors (Lipinski definition) is 1. The zero-order chi connectivity index (χ0) is 11.7. The Morgan fingerprint density at radius 2 is 1.82 bits per heavy atom. The maximum absolute atomic E-state index is 12.9. The van der Waals surface area contributed by atoms with Gasteiger partial charge in [0, 0.05) is 6.04 Å². The average molecular weight is 233 g/mol. The maximum Gasteiger partial charge on any atom is 0.123 e. The van der Waals surface area contributed by atoms with Crippen LogP contribution in [0, 0.1) is 11.7 Å². The minimum atomic E-state index is -0.126. The summed E-state index contributed by atoms with van der Waals surface area (Å²) < 4.78 is 12.9. The molecule has 2 aliphatic carbocycles. The van der Waals surface area contributed by atoms with E-state index >= 15 is 0 Å². The summed E-state index contributed by atoms with van der Waals surface area (Å²) in [6.07, 6.45) is 6.62. The molecule has 2 heteroatoms. The van der Waals surface area contributed by atoms with E-state index in [1.54, 1.807) is 12.1 Å². The molecule has 2 fully saturated rings. The van der Waals surface area contributed by atoms with E-state index in [1.165, 1.54) is 37.7 Å². The first-order valence-electron chi connectivity index (χ1n) is 6.82. The Balaban J connectivity index is 1.65. The summed E-state index contributed by atoms with van der Waals surface area (Å²) in [6.45, 7) is 1.15. The SMILES string of the molecule is Fc1ccc(C2CCCC2CNC2CC2)cc1. The molecule has 2 unspecified atom stereocenters. The van der Waals surface area contributed by atoms with Crippen molar-refractivity contribution in [3.63, 3.8) is 0 Å². The second-order valence-corrected chi connectivity index (χ2v) is 5.53. The normalized spacial score (nSPS) is 28.5. The molecule has 0 heterocycles. The molecule has 0 spiro atoms. The van der Waals surface area contributed by atoms with Gasteiger partial charge in [0.25, 0.3) is 0 Å². The summed E-state index contributed by atoms with van der Waals surface area (Å²) in [5.41, 5.74) is 1.33. The van der Waals surface area contributed by atoms with E-state index in [2.05, 4.69) is 5.32 Å². The van der Waals surface area contributed by atoms with Gasteiger partial charge in [-0.2, -0.15) is 0 Å². The Morgan fingerprint density at radius 3 is 2.53 bits per heavy atom. The molecule has 3 rings (SSSR count). The smallest absolute Gasteiger partial charge is 0.123 e. The van der Waals surface area contributed by atoms with Crippen LogP contribution in [0.5, 0.6) is 0 Å². The standard InChI is InChI=1S/C15H20FN/c16-13-6-4-11(5-7-13)15-3-1-2-12(15)10-17-14-8-9-14/h4-7,12,14-15,17H,1-3,8-10H2. The van der Waals surface area contributed by atoms with Crippen LogP contribution in [0.1, 0.15) is 43.6 Å². The van der Waals surface area contributed by atoms with E-state index in [0.29, 0.717) is 5.92 Å². The highest BCUT2D eigenvalue weighted by Crippen LogP contribution is 2.39. The molecule has 17 heavy (non-hydrogen) atoms. The van der Waals surface area contributed by atoms with E-state index in [0.717, 1.165) is 18.5 Å². The molecule has 92 valence electrons. The van der Waals surface area contributed by atoms with Crippen LogP contribution < -0.4 is 5.32 Å². The molecule has 1 aromatic carbocycles. The van der Waals surface area contributed by atoms with Gasteiger partial charge in [-0.25, -0.2) is 4.39 Å². The largest absolute Gasteiger partial charge is 0.314 e. The molecule has 0 amide bonds. The van der Waals surface area contributed by atoms with E-state index in [1.807, 2.05) is 12.1 Å². The summed E-state index contributed by atoms with van der Waals surface area (Å²) in [6, 6.07) is 7.92. The second-order valence-electron chi connectivity index (χ2n) is 5.53. The predicted octanol–water partition coefficient (Wildman–Crippen LogP) is 3.46. The van der Waals surface area contributed by atoms with Crippen molar-refractivity contribution >= 4 is 0 Å². The van der Waals surface area contributed by atoms with Gasteiger partial charge < -0.3 is 5.32 Å². The number of halogens is 1. The lowest BCUT2D eigenvalue weighted by atomic mass is 9.89. The van der Waals surface area contributed by atoms with Crippen molar-refractivity contribution in [2.24, 2.45) is 5.92 Å². The van der Waals surface area contributed by atoms with Gasteiger partial charge in [0.05, 0.1) is 0 Å². The molecule has 0 saturated heterocycles. The van der Waals surface area contributed by atoms with E-state index < -0.39 is 0 Å². The van der Waals surface area contributed by atoms with Crippen LogP contribution in [-0.4, -0.2) is 12.6 Å². The van der Waals surface area contributed by atoms with Gasteiger partial charge in [0.1, 0.15) is 5.82 Å². The molecular weight excluding hydrogens is 213 g/mol. The van der Waals surface area contributed by atoms with Crippen LogP contribution >= 0.6 is 0 Å². The van der Waals surface area contributed by atoms with Crippen molar-refractivity contribution in [3.05, 3.63) is 35.6 Å². The molecule has 2 aliphatic rings. The lowest BCUT2D eigenvalue weighted by Gasteiger charge is -2.20. The number of benzene rings is 1. The van der Waals surface area contributed by atoms with E-state index in [-0.39, 0.29) is 5.82 Å². The van der Waals surface area contributed by atoms with Gasteiger partial charge in [0.15, 0.2) is 0 Å². The fourth-order valence-electron chi connectivity index (χ4n) is 3.04. The zero-order valence-corrected chi connectivity index (χ0v) is 10.2. The van der Waals surface area contributed by atoms with Gasteiger partial charge in [-0.1, -0.05) is 18.6 Å². The summed E-state index contributed by atoms with van der Waals surface area (Å²) in [5, 5.41) is 3.64. The lowest BCUT2D eigenvalue weighted by Crippen LogP contribution is -2.26. The predicted molar refractivity (Wildman–Crippen MR) is 67.5 cm³/mol. The van der Waals surface area contributed by atoms with Gasteiger partial charge >= 0.3 is 0 Å². The Labute approximate surface area is 102 Å². The number of rotatable bonds is 4. The fraction of sp³-hybridized carbons (Fsp3) is 0.600. The van der Waals surface area contributed by atoms with Gasteiger partial charge in [-0.15, -0.1) is 0 Å². The van der Waals surface area contributed by atoms with Crippen molar-refractivity contribution in [1.29, 1.82) is 0 Å². The Kier molecular flexibility index (Phi) is 3.15. The third-order valence-corrected chi connectivity index (χ3v) is 4.20. The molecule has 0 bridgehead atoms. The van der Waals surface area contributed by atoms with Crippen LogP contribution in [-0.2, 0) is 0 Å². The third kappa shape index (κ3) is 2.68. The van der Waals surface area contributed by atoms with Gasteiger partial charge in [0.2, 0.25) is 0 Å². The number of nitrogens with one attached hydrogen (secondary N) is 1. The average Bonchev–Trinajstić information content (AvgIpc) is 3.06. The second kappa shape index (κ2) is 4.77. The van der Waals surface area contributed by atoms with Crippen LogP contribution in [0.15, 0.2) is 24.3 Å². The molecule has 1 aromatic rings. The van der Waals surface area contributed by atoms with E-state index in [9.17, 15) is 4.39 Å². The van der Waals surface area contributed by atoms with Crippen LogP contribution in [0.25, 0.3) is 0 Å². The van der Waals surface area contributed by atoms with Crippen molar-refractivity contribution in [2.45, 2.75) is 44.1 Å². The third-order valence-electron chi connectivity index (χ3n) is 4.20. The van der Waals surface area contributed by atoms with Crippen LogP contribution in [0.4, 0.5) is 4.39 Å².